The number of benzene rings is 2. The highest BCUT2D eigenvalue weighted by atomic mass is 35.5. The molecule has 0 radical (unpaired) electrons. The Hall–Kier alpha value is -2.37. The molecule has 1 amide bonds. The molecule has 2 N–H and O–H groups in total. The number of hydrogen-bond donors (Lipinski definition) is 2. The standard InChI is InChI=1S/C18H17ClN2O2S/c1-12(2)11-23-16-9-7-15(8-10-16)20-18(24)21-17(22)13-3-5-14(19)6-4-13/h3-10H,1,11H2,2H3,(H2,20,21,22,24). The van der Waals surface area contributed by atoms with Crippen molar-refractivity contribution in [1.29, 1.82) is 0 Å². The molecule has 0 heterocycles. The number of thiocarbonyl (C=S) groups is 1. The number of rotatable bonds is 5. The van der Waals surface area contributed by atoms with E-state index in [-0.39, 0.29) is 11.0 Å². The third-order valence-corrected chi connectivity index (χ3v) is 3.39. The van der Waals surface area contributed by atoms with E-state index in [1.165, 1.54) is 0 Å². The van der Waals surface area contributed by atoms with E-state index in [1.54, 1.807) is 24.3 Å². The van der Waals surface area contributed by atoms with Crippen LogP contribution in [0.2, 0.25) is 5.02 Å². The molecule has 0 aliphatic carbocycles. The Bertz CT molecular complexity index is 743. The molecule has 0 aliphatic heterocycles. The first-order valence-electron chi connectivity index (χ1n) is 7.19. The third kappa shape index (κ3) is 5.68. The number of anilines is 1. The summed E-state index contributed by atoms with van der Waals surface area (Å²) in [4.78, 5) is 12.0. The second-order valence-corrected chi connectivity index (χ2v) is 6.03. The van der Waals surface area contributed by atoms with Gasteiger partial charge in [-0.05, 0) is 73.2 Å². The van der Waals surface area contributed by atoms with Crippen molar-refractivity contribution in [2.45, 2.75) is 6.92 Å². The van der Waals surface area contributed by atoms with Crippen LogP contribution in [0.3, 0.4) is 0 Å². The Labute approximate surface area is 151 Å². The Morgan fingerprint density at radius 3 is 2.38 bits per heavy atom. The molecule has 0 saturated carbocycles. The van der Waals surface area contributed by atoms with Crippen LogP contribution >= 0.6 is 23.8 Å². The van der Waals surface area contributed by atoms with Crippen LogP contribution in [-0.4, -0.2) is 17.6 Å². The van der Waals surface area contributed by atoms with Gasteiger partial charge in [-0.25, -0.2) is 0 Å². The van der Waals surface area contributed by atoms with Gasteiger partial charge < -0.3 is 10.1 Å². The highest BCUT2D eigenvalue weighted by molar-refractivity contribution is 7.80. The molecular weight excluding hydrogens is 344 g/mol. The van der Waals surface area contributed by atoms with Crippen LogP contribution in [0, 0.1) is 0 Å². The molecule has 24 heavy (non-hydrogen) atoms. The SMILES string of the molecule is C=C(C)COc1ccc(NC(=S)NC(=O)c2ccc(Cl)cc2)cc1. The molecule has 2 rings (SSSR count). The van der Waals surface area contributed by atoms with Gasteiger partial charge in [0.25, 0.3) is 5.91 Å². The molecule has 2 aromatic carbocycles. The maximum absolute atomic E-state index is 12.0. The molecular formula is C18H17ClN2O2S. The minimum atomic E-state index is -0.300. The fourth-order valence-corrected chi connectivity index (χ4v) is 2.12. The maximum atomic E-state index is 12.0. The van der Waals surface area contributed by atoms with Crippen LogP contribution in [0.1, 0.15) is 17.3 Å². The summed E-state index contributed by atoms with van der Waals surface area (Å²) in [6, 6.07) is 13.8. The minimum Gasteiger partial charge on any atom is -0.489 e. The Kier molecular flexibility index (Phi) is 6.35. The quantitative estimate of drug-likeness (QED) is 0.612. The Morgan fingerprint density at radius 1 is 1.17 bits per heavy atom. The third-order valence-electron chi connectivity index (χ3n) is 2.93. The fraction of sp³-hybridized carbons (Fsp3) is 0.111. The normalized spacial score (nSPS) is 9.92. The molecule has 0 aromatic heterocycles. The van der Waals surface area contributed by atoms with Crippen LogP contribution in [0.4, 0.5) is 5.69 Å². The monoisotopic (exact) mass is 360 g/mol. The van der Waals surface area contributed by atoms with Crippen molar-refractivity contribution in [1.82, 2.24) is 5.32 Å². The van der Waals surface area contributed by atoms with E-state index < -0.39 is 0 Å². The average molecular weight is 361 g/mol. The van der Waals surface area contributed by atoms with Gasteiger partial charge in [0.15, 0.2) is 5.11 Å². The van der Waals surface area contributed by atoms with E-state index in [1.807, 2.05) is 31.2 Å². The van der Waals surface area contributed by atoms with Gasteiger partial charge in [-0.3, -0.25) is 10.1 Å². The number of carbonyl (C=O) groups excluding carboxylic acids is 1. The lowest BCUT2D eigenvalue weighted by Gasteiger charge is -2.11. The van der Waals surface area contributed by atoms with E-state index >= 15 is 0 Å². The lowest BCUT2D eigenvalue weighted by Crippen LogP contribution is -2.34. The topological polar surface area (TPSA) is 50.4 Å². The summed E-state index contributed by atoms with van der Waals surface area (Å²) in [5, 5.41) is 6.34. The number of ether oxygens (including phenoxy) is 1. The second-order valence-electron chi connectivity index (χ2n) is 5.19. The van der Waals surface area contributed by atoms with Crippen LogP contribution in [-0.2, 0) is 0 Å². The second kappa shape index (κ2) is 8.47. The average Bonchev–Trinajstić information content (AvgIpc) is 2.54. The van der Waals surface area contributed by atoms with Gasteiger partial charge in [0.05, 0.1) is 0 Å². The summed E-state index contributed by atoms with van der Waals surface area (Å²) >= 11 is 10.9. The lowest BCUT2D eigenvalue weighted by atomic mass is 10.2. The van der Waals surface area contributed by atoms with Crippen molar-refractivity contribution in [3.05, 3.63) is 71.3 Å². The van der Waals surface area contributed by atoms with Gasteiger partial charge in [-0.2, -0.15) is 0 Å². The first kappa shape index (κ1) is 18.0. The minimum absolute atomic E-state index is 0.213. The van der Waals surface area contributed by atoms with Crippen LogP contribution in [0.25, 0.3) is 0 Å². The van der Waals surface area contributed by atoms with Gasteiger partial charge in [0, 0.05) is 16.3 Å². The molecule has 0 spiro atoms. The largest absolute Gasteiger partial charge is 0.489 e. The summed E-state index contributed by atoms with van der Waals surface area (Å²) in [5.41, 5.74) is 2.18. The first-order valence-corrected chi connectivity index (χ1v) is 7.98. The zero-order valence-corrected chi connectivity index (χ0v) is 14.7. The summed E-state index contributed by atoms with van der Waals surface area (Å²) in [5.74, 6) is 0.435. The molecule has 0 unspecified atom stereocenters. The summed E-state index contributed by atoms with van der Waals surface area (Å²) in [6.07, 6.45) is 0. The zero-order valence-electron chi connectivity index (χ0n) is 13.1. The van der Waals surface area contributed by atoms with Gasteiger partial charge in [0.2, 0.25) is 0 Å². The number of nitrogens with one attached hydrogen (secondary N) is 2. The molecule has 0 fully saturated rings. The number of hydrogen-bond acceptors (Lipinski definition) is 3. The highest BCUT2D eigenvalue weighted by Gasteiger charge is 2.08. The van der Waals surface area contributed by atoms with E-state index in [2.05, 4.69) is 17.2 Å². The smallest absolute Gasteiger partial charge is 0.257 e. The van der Waals surface area contributed by atoms with Gasteiger partial charge in [0.1, 0.15) is 12.4 Å². The van der Waals surface area contributed by atoms with Crippen molar-refractivity contribution in [2.75, 3.05) is 11.9 Å². The van der Waals surface area contributed by atoms with Crippen LogP contribution < -0.4 is 15.4 Å². The molecule has 0 atom stereocenters. The highest BCUT2D eigenvalue weighted by Crippen LogP contribution is 2.16. The van der Waals surface area contributed by atoms with E-state index in [4.69, 9.17) is 28.6 Å². The van der Waals surface area contributed by atoms with E-state index in [0.717, 1.165) is 17.0 Å². The van der Waals surface area contributed by atoms with Gasteiger partial charge in [-0.1, -0.05) is 18.2 Å². The van der Waals surface area contributed by atoms with Crippen molar-refractivity contribution in [3.63, 3.8) is 0 Å². The molecule has 0 saturated heterocycles. The Balaban J connectivity index is 1.88. The van der Waals surface area contributed by atoms with Gasteiger partial charge >= 0.3 is 0 Å². The molecule has 2 aromatic rings. The summed E-state index contributed by atoms with van der Waals surface area (Å²) in [7, 11) is 0. The summed E-state index contributed by atoms with van der Waals surface area (Å²) < 4.78 is 5.52. The van der Waals surface area contributed by atoms with Crippen molar-refractivity contribution >= 4 is 40.5 Å². The van der Waals surface area contributed by atoms with Crippen molar-refractivity contribution in [3.8, 4) is 5.75 Å². The maximum Gasteiger partial charge on any atom is 0.257 e. The molecule has 0 aliphatic rings. The van der Waals surface area contributed by atoms with Crippen LogP contribution in [0.5, 0.6) is 5.75 Å². The fourth-order valence-electron chi connectivity index (χ4n) is 1.78. The van der Waals surface area contributed by atoms with Crippen LogP contribution in [0.15, 0.2) is 60.7 Å². The Morgan fingerprint density at radius 2 is 1.79 bits per heavy atom. The molecule has 4 nitrogen and oxygen atoms in total. The van der Waals surface area contributed by atoms with Crippen molar-refractivity contribution in [2.24, 2.45) is 0 Å². The molecule has 0 bridgehead atoms. The van der Waals surface area contributed by atoms with E-state index in [9.17, 15) is 4.79 Å². The molecule has 6 heteroatoms. The zero-order chi connectivity index (χ0) is 17.5. The number of carbonyl (C=O) groups is 1. The predicted molar refractivity (Wildman–Crippen MR) is 102 cm³/mol. The summed E-state index contributed by atoms with van der Waals surface area (Å²) in [6.45, 7) is 6.16. The lowest BCUT2D eigenvalue weighted by molar-refractivity contribution is 0.0978. The van der Waals surface area contributed by atoms with Crippen molar-refractivity contribution < 1.29 is 9.53 Å². The predicted octanol–water partition coefficient (Wildman–Crippen LogP) is 4.42. The van der Waals surface area contributed by atoms with E-state index in [0.29, 0.717) is 17.2 Å². The first-order chi connectivity index (χ1) is 11.4. The molecule has 124 valence electrons. The van der Waals surface area contributed by atoms with Gasteiger partial charge in [-0.15, -0.1) is 0 Å². The number of halogens is 1. The number of amides is 1.